The summed E-state index contributed by atoms with van der Waals surface area (Å²) < 4.78 is 0. The van der Waals surface area contributed by atoms with Gasteiger partial charge in [-0.15, -0.1) is 11.8 Å². The lowest BCUT2D eigenvalue weighted by molar-refractivity contribution is -0.107. The second-order valence-corrected chi connectivity index (χ2v) is 3.79. The summed E-state index contributed by atoms with van der Waals surface area (Å²) in [6.07, 6.45) is 1.60. The molecule has 0 aliphatic rings. The van der Waals surface area contributed by atoms with Crippen molar-refractivity contribution >= 4 is 18.0 Å². The van der Waals surface area contributed by atoms with Crippen LogP contribution in [0.25, 0.3) is 0 Å². The standard InChI is InChI=1S/C10H12OS/c1-9-4-2-5-10(8-9)12-7-3-6-11/h2,4-6,8H,3,7H2,1H3. The van der Waals surface area contributed by atoms with Crippen LogP contribution in [0.1, 0.15) is 12.0 Å². The highest BCUT2D eigenvalue weighted by Gasteiger charge is 1.92. The number of hydrogen-bond acceptors (Lipinski definition) is 2. The molecule has 64 valence electrons. The molecular formula is C10H12OS. The van der Waals surface area contributed by atoms with Gasteiger partial charge in [0.1, 0.15) is 6.29 Å². The SMILES string of the molecule is Cc1cccc(SCCC=O)c1. The second-order valence-electron chi connectivity index (χ2n) is 2.62. The number of carbonyl (C=O) groups excluding carboxylic acids is 1. The van der Waals surface area contributed by atoms with Gasteiger partial charge < -0.3 is 4.79 Å². The quantitative estimate of drug-likeness (QED) is 0.402. The van der Waals surface area contributed by atoms with E-state index in [4.69, 9.17) is 0 Å². The van der Waals surface area contributed by atoms with Crippen LogP contribution in [0.2, 0.25) is 0 Å². The van der Waals surface area contributed by atoms with Crippen LogP contribution in [-0.4, -0.2) is 12.0 Å². The van der Waals surface area contributed by atoms with Gasteiger partial charge in [0.05, 0.1) is 0 Å². The van der Waals surface area contributed by atoms with E-state index in [0.717, 1.165) is 12.0 Å². The summed E-state index contributed by atoms with van der Waals surface area (Å²) in [7, 11) is 0. The predicted octanol–water partition coefficient (Wildman–Crippen LogP) is 2.68. The zero-order chi connectivity index (χ0) is 8.81. The lowest BCUT2D eigenvalue weighted by Crippen LogP contribution is -1.80. The van der Waals surface area contributed by atoms with E-state index in [1.54, 1.807) is 11.8 Å². The first-order valence-electron chi connectivity index (χ1n) is 3.96. The summed E-state index contributed by atoms with van der Waals surface area (Å²) >= 11 is 1.73. The second kappa shape index (κ2) is 4.99. The monoisotopic (exact) mass is 180 g/mol. The van der Waals surface area contributed by atoms with Crippen LogP contribution in [-0.2, 0) is 4.79 Å². The summed E-state index contributed by atoms with van der Waals surface area (Å²) in [5, 5.41) is 0. The van der Waals surface area contributed by atoms with Gasteiger partial charge in [0.2, 0.25) is 0 Å². The molecule has 1 nitrogen and oxygen atoms in total. The average molecular weight is 180 g/mol. The number of carbonyl (C=O) groups is 1. The largest absolute Gasteiger partial charge is 0.303 e. The van der Waals surface area contributed by atoms with Gasteiger partial charge in [-0.3, -0.25) is 0 Å². The lowest BCUT2D eigenvalue weighted by Gasteiger charge is -1.99. The van der Waals surface area contributed by atoms with Gasteiger partial charge >= 0.3 is 0 Å². The van der Waals surface area contributed by atoms with Gasteiger partial charge in [-0.1, -0.05) is 17.7 Å². The molecule has 0 aromatic heterocycles. The Balaban J connectivity index is 2.46. The van der Waals surface area contributed by atoms with Gasteiger partial charge in [-0.2, -0.15) is 0 Å². The lowest BCUT2D eigenvalue weighted by atomic mass is 10.2. The Hall–Kier alpha value is -0.760. The summed E-state index contributed by atoms with van der Waals surface area (Å²) in [5.74, 6) is 0.882. The van der Waals surface area contributed by atoms with Crippen LogP contribution in [0.4, 0.5) is 0 Å². The van der Waals surface area contributed by atoms with Crippen LogP contribution in [0.5, 0.6) is 0 Å². The third-order valence-corrected chi connectivity index (χ3v) is 2.52. The maximum atomic E-state index is 10.0. The molecule has 1 aromatic rings. The van der Waals surface area contributed by atoms with E-state index in [0.29, 0.717) is 6.42 Å². The van der Waals surface area contributed by atoms with Gasteiger partial charge in [0.25, 0.3) is 0 Å². The van der Waals surface area contributed by atoms with E-state index in [-0.39, 0.29) is 0 Å². The molecule has 12 heavy (non-hydrogen) atoms. The van der Waals surface area contributed by atoms with Crippen LogP contribution >= 0.6 is 11.8 Å². The summed E-state index contributed by atoms with van der Waals surface area (Å²) in [4.78, 5) is 11.3. The molecule has 0 unspecified atom stereocenters. The zero-order valence-corrected chi connectivity index (χ0v) is 7.93. The predicted molar refractivity (Wildman–Crippen MR) is 52.6 cm³/mol. The van der Waals surface area contributed by atoms with Gasteiger partial charge in [0.15, 0.2) is 0 Å². The zero-order valence-electron chi connectivity index (χ0n) is 7.12. The molecule has 0 saturated heterocycles. The first-order chi connectivity index (χ1) is 5.83. The molecule has 0 radical (unpaired) electrons. The molecule has 1 rings (SSSR count). The average Bonchev–Trinajstić information content (AvgIpc) is 2.05. The molecule has 0 atom stereocenters. The highest BCUT2D eigenvalue weighted by atomic mass is 32.2. The minimum atomic E-state index is 0.638. The molecule has 0 aliphatic heterocycles. The molecule has 0 saturated carbocycles. The maximum Gasteiger partial charge on any atom is 0.120 e. The van der Waals surface area contributed by atoms with E-state index < -0.39 is 0 Å². The fraction of sp³-hybridized carbons (Fsp3) is 0.300. The molecule has 0 fully saturated rings. The van der Waals surface area contributed by atoms with Crippen molar-refractivity contribution in [3.05, 3.63) is 29.8 Å². The molecule has 0 aliphatic carbocycles. The van der Waals surface area contributed by atoms with Crippen molar-refractivity contribution in [2.24, 2.45) is 0 Å². The van der Waals surface area contributed by atoms with E-state index in [9.17, 15) is 4.79 Å². The van der Waals surface area contributed by atoms with Crippen LogP contribution in [0, 0.1) is 6.92 Å². The number of aryl methyl sites for hydroxylation is 1. The Morgan fingerprint density at radius 3 is 3.00 bits per heavy atom. The van der Waals surface area contributed by atoms with Crippen LogP contribution in [0.15, 0.2) is 29.2 Å². The Labute approximate surface area is 77.2 Å². The Morgan fingerprint density at radius 1 is 1.50 bits per heavy atom. The number of hydrogen-bond donors (Lipinski definition) is 0. The fourth-order valence-corrected chi connectivity index (χ4v) is 1.82. The van der Waals surface area contributed by atoms with Crippen molar-refractivity contribution in [3.8, 4) is 0 Å². The molecule has 0 spiro atoms. The van der Waals surface area contributed by atoms with E-state index >= 15 is 0 Å². The Bertz CT molecular complexity index is 258. The van der Waals surface area contributed by atoms with Crippen molar-refractivity contribution < 1.29 is 4.79 Å². The molecule has 0 bridgehead atoms. The normalized spacial score (nSPS) is 9.75. The molecule has 0 amide bonds. The first kappa shape index (κ1) is 9.33. The highest BCUT2D eigenvalue weighted by Crippen LogP contribution is 2.18. The van der Waals surface area contributed by atoms with E-state index in [1.807, 2.05) is 6.07 Å². The van der Waals surface area contributed by atoms with Gasteiger partial charge in [-0.05, 0) is 19.1 Å². The number of benzene rings is 1. The topological polar surface area (TPSA) is 17.1 Å². The highest BCUT2D eigenvalue weighted by molar-refractivity contribution is 7.99. The Kier molecular flexibility index (Phi) is 3.88. The smallest absolute Gasteiger partial charge is 0.120 e. The number of aldehydes is 1. The summed E-state index contributed by atoms with van der Waals surface area (Å²) in [5.41, 5.74) is 1.27. The third-order valence-electron chi connectivity index (χ3n) is 1.49. The van der Waals surface area contributed by atoms with Crippen LogP contribution < -0.4 is 0 Å². The molecule has 0 heterocycles. The minimum absolute atomic E-state index is 0.638. The van der Waals surface area contributed by atoms with Crippen molar-refractivity contribution in [2.45, 2.75) is 18.2 Å². The number of thioether (sulfide) groups is 1. The van der Waals surface area contributed by atoms with Crippen molar-refractivity contribution in [1.82, 2.24) is 0 Å². The van der Waals surface area contributed by atoms with Gasteiger partial charge in [0, 0.05) is 17.1 Å². The first-order valence-corrected chi connectivity index (χ1v) is 4.94. The molecule has 2 heteroatoms. The molecule has 1 aromatic carbocycles. The number of rotatable bonds is 4. The van der Waals surface area contributed by atoms with Crippen molar-refractivity contribution in [2.75, 3.05) is 5.75 Å². The minimum Gasteiger partial charge on any atom is -0.303 e. The molecule has 0 N–H and O–H groups in total. The fourth-order valence-electron chi connectivity index (χ4n) is 0.930. The Morgan fingerprint density at radius 2 is 2.33 bits per heavy atom. The van der Waals surface area contributed by atoms with E-state index in [2.05, 4.69) is 25.1 Å². The summed E-state index contributed by atoms with van der Waals surface area (Å²) in [6, 6.07) is 8.32. The van der Waals surface area contributed by atoms with Crippen LogP contribution in [0.3, 0.4) is 0 Å². The van der Waals surface area contributed by atoms with E-state index in [1.165, 1.54) is 10.5 Å². The molecular weight excluding hydrogens is 168 g/mol. The van der Waals surface area contributed by atoms with Gasteiger partial charge in [-0.25, -0.2) is 0 Å². The van der Waals surface area contributed by atoms with Crippen molar-refractivity contribution in [3.63, 3.8) is 0 Å². The summed E-state index contributed by atoms with van der Waals surface area (Å²) in [6.45, 7) is 2.07. The third kappa shape index (κ3) is 3.09. The van der Waals surface area contributed by atoms with Crippen molar-refractivity contribution in [1.29, 1.82) is 0 Å². The maximum absolute atomic E-state index is 10.0.